The molecule has 1 aromatic carbocycles. The number of sulfonamides is 1. The van der Waals surface area contributed by atoms with E-state index >= 15 is 0 Å². The van der Waals surface area contributed by atoms with Gasteiger partial charge in [-0.1, -0.05) is 19.1 Å². The average Bonchev–Trinajstić information content (AvgIpc) is 2.54. The van der Waals surface area contributed by atoms with Gasteiger partial charge in [0.25, 0.3) is 0 Å². The first-order chi connectivity index (χ1) is 10.4. The first-order valence-electron chi connectivity index (χ1n) is 7.29. The number of carbonyl (C=O) groups excluding carboxylic acids is 1. The van der Waals surface area contributed by atoms with Crippen molar-refractivity contribution in [3.63, 3.8) is 0 Å². The number of methoxy groups -OCH3 is 1. The zero-order chi connectivity index (χ0) is 16.3. The number of hydrogen-bond acceptors (Lipinski definition) is 5. The van der Waals surface area contributed by atoms with Crippen LogP contribution in [0.1, 0.15) is 23.7 Å². The summed E-state index contributed by atoms with van der Waals surface area (Å²) in [5.74, 6) is -0.124. The third-order valence-electron chi connectivity index (χ3n) is 4.29. The van der Waals surface area contributed by atoms with Crippen molar-refractivity contribution in [2.75, 3.05) is 26.7 Å². The molecule has 0 saturated carbocycles. The minimum absolute atomic E-state index is 0.00725. The number of esters is 1. The maximum atomic E-state index is 12.9. The van der Waals surface area contributed by atoms with Gasteiger partial charge in [0.15, 0.2) is 0 Å². The molecule has 0 amide bonds. The molecule has 0 spiro atoms. The second kappa shape index (κ2) is 6.76. The summed E-state index contributed by atoms with van der Waals surface area (Å²) < 4.78 is 31.8. The fourth-order valence-corrected chi connectivity index (χ4v) is 4.44. The second-order valence-corrected chi connectivity index (χ2v) is 7.52. The number of nitrogens with zero attached hydrogens (tertiary/aromatic N) is 1. The Labute approximate surface area is 131 Å². The number of piperidine rings is 1. The van der Waals surface area contributed by atoms with Crippen LogP contribution in [0.4, 0.5) is 0 Å². The number of benzene rings is 1. The van der Waals surface area contributed by atoms with Crippen LogP contribution in [0.15, 0.2) is 29.2 Å². The van der Waals surface area contributed by atoms with Gasteiger partial charge in [0.1, 0.15) is 0 Å². The van der Waals surface area contributed by atoms with Gasteiger partial charge in [-0.15, -0.1) is 0 Å². The molecule has 7 heteroatoms. The van der Waals surface area contributed by atoms with E-state index in [0.717, 1.165) is 6.42 Å². The van der Waals surface area contributed by atoms with Crippen molar-refractivity contribution >= 4 is 16.0 Å². The molecule has 1 heterocycles. The zero-order valence-corrected chi connectivity index (χ0v) is 13.7. The minimum atomic E-state index is -3.74. The summed E-state index contributed by atoms with van der Waals surface area (Å²) >= 11 is 0. The van der Waals surface area contributed by atoms with E-state index in [1.54, 1.807) is 12.1 Å². The van der Waals surface area contributed by atoms with Crippen LogP contribution in [0, 0.1) is 11.8 Å². The Bertz CT molecular complexity index is 645. The quantitative estimate of drug-likeness (QED) is 0.836. The van der Waals surface area contributed by atoms with Crippen molar-refractivity contribution in [3.05, 3.63) is 29.8 Å². The molecule has 122 valence electrons. The van der Waals surface area contributed by atoms with Crippen molar-refractivity contribution in [1.82, 2.24) is 4.31 Å². The Morgan fingerprint density at radius 2 is 2.09 bits per heavy atom. The summed E-state index contributed by atoms with van der Waals surface area (Å²) in [6.07, 6.45) is 0.765. The molecule has 1 aliphatic rings. The molecule has 6 nitrogen and oxygen atoms in total. The highest BCUT2D eigenvalue weighted by molar-refractivity contribution is 7.89. The number of ether oxygens (including phenoxy) is 1. The average molecular weight is 326 g/mol. The molecular formula is C15H22N2O4S. The van der Waals surface area contributed by atoms with Crippen LogP contribution in [0.25, 0.3) is 0 Å². The van der Waals surface area contributed by atoms with Crippen LogP contribution >= 0.6 is 0 Å². The SMILES string of the molecule is COC(=O)c1ccccc1S(=O)(=O)N1CCC(C)C(CN)C1. The van der Waals surface area contributed by atoms with Gasteiger partial charge in [0.2, 0.25) is 10.0 Å². The van der Waals surface area contributed by atoms with Gasteiger partial charge in [-0.2, -0.15) is 4.31 Å². The molecule has 1 saturated heterocycles. The first kappa shape index (κ1) is 16.9. The Morgan fingerprint density at radius 1 is 1.41 bits per heavy atom. The molecule has 0 bridgehead atoms. The van der Waals surface area contributed by atoms with Crippen molar-refractivity contribution in [2.24, 2.45) is 17.6 Å². The van der Waals surface area contributed by atoms with Crippen molar-refractivity contribution in [1.29, 1.82) is 0 Å². The van der Waals surface area contributed by atoms with E-state index in [0.29, 0.717) is 25.6 Å². The molecule has 1 fully saturated rings. The maximum absolute atomic E-state index is 12.9. The van der Waals surface area contributed by atoms with Gasteiger partial charge < -0.3 is 10.5 Å². The molecule has 0 radical (unpaired) electrons. The highest BCUT2D eigenvalue weighted by atomic mass is 32.2. The lowest BCUT2D eigenvalue weighted by molar-refractivity contribution is 0.0596. The molecule has 2 unspecified atom stereocenters. The maximum Gasteiger partial charge on any atom is 0.339 e. The largest absolute Gasteiger partial charge is 0.465 e. The van der Waals surface area contributed by atoms with E-state index in [1.807, 2.05) is 0 Å². The Morgan fingerprint density at radius 3 is 2.73 bits per heavy atom. The van der Waals surface area contributed by atoms with Crippen LogP contribution < -0.4 is 5.73 Å². The van der Waals surface area contributed by atoms with Crippen LogP contribution in [-0.2, 0) is 14.8 Å². The predicted molar refractivity (Wildman–Crippen MR) is 82.9 cm³/mol. The number of nitrogens with two attached hydrogens (primary N) is 1. The molecule has 1 aliphatic heterocycles. The normalized spacial score (nSPS) is 23.2. The lowest BCUT2D eigenvalue weighted by atomic mass is 9.88. The second-order valence-electron chi connectivity index (χ2n) is 5.61. The van der Waals surface area contributed by atoms with Crippen molar-refractivity contribution in [2.45, 2.75) is 18.2 Å². The van der Waals surface area contributed by atoms with E-state index in [9.17, 15) is 13.2 Å². The summed E-state index contributed by atoms with van der Waals surface area (Å²) in [6.45, 7) is 3.36. The molecule has 2 rings (SSSR count). The standard InChI is InChI=1S/C15H22N2O4S/c1-11-7-8-17(10-12(11)9-16)22(19,20)14-6-4-3-5-13(14)15(18)21-2/h3-6,11-12H,7-10,16H2,1-2H3. The summed E-state index contributed by atoms with van der Waals surface area (Å²) in [5.41, 5.74) is 5.80. The van der Waals surface area contributed by atoms with Crippen molar-refractivity contribution < 1.29 is 17.9 Å². The first-order valence-corrected chi connectivity index (χ1v) is 8.73. The van der Waals surface area contributed by atoms with Gasteiger partial charge in [-0.05, 0) is 36.9 Å². The Hall–Kier alpha value is -1.44. The molecule has 2 N–H and O–H groups in total. The number of hydrogen-bond donors (Lipinski definition) is 1. The van der Waals surface area contributed by atoms with Crippen LogP contribution in [-0.4, -0.2) is 45.4 Å². The molecule has 22 heavy (non-hydrogen) atoms. The number of rotatable bonds is 4. The third kappa shape index (κ3) is 3.16. The molecular weight excluding hydrogens is 304 g/mol. The summed E-state index contributed by atoms with van der Waals surface area (Å²) in [6, 6.07) is 6.13. The van der Waals surface area contributed by atoms with Crippen molar-refractivity contribution in [3.8, 4) is 0 Å². The van der Waals surface area contributed by atoms with E-state index in [1.165, 1.54) is 23.5 Å². The van der Waals surface area contributed by atoms with Gasteiger partial charge >= 0.3 is 5.97 Å². The topological polar surface area (TPSA) is 89.7 Å². The van der Waals surface area contributed by atoms with Gasteiger partial charge in [-0.25, -0.2) is 13.2 Å². The van der Waals surface area contributed by atoms with Crippen LogP contribution in [0.5, 0.6) is 0 Å². The van der Waals surface area contributed by atoms with Gasteiger partial charge in [-0.3, -0.25) is 0 Å². The van der Waals surface area contributed by atoms with Gasteiger partial charge in [0.05, 0.1) is 17.6 Å². The smallest absolute Gasteiger partial charge is 0.339 e. The third-order valence-corrected chi connectivity index (χ3v) is 6.21. The van der Waals surface area contributed by atoms with E-state index in [2.05, 4.69) is 11.7 Å². The van der Waals surface area contributed by atoms with Crippen LogP contribution in [0.3, 0.4) is 0 Å². The molecule has 0 aromatic heterocycles. The Kier molecular flexibility index (Phi) is 5.20. The molecule has 0 aliphatic carbocycles. The minimum Gasteiger partial charge on any atom is -0.465 e. The molecule has 2 atom stereocenters. The van der Waals surface area contributed by atoms with E-state index < -0.39 is 16.0 Å². The lowest BCUT2D eigenvalue weighted by Gasteiger charge is -2.35. The predicted octanol–water partition coefficient (Wildman–Crippen LogP) is 1.08. The summed E-state index contributed by atoms with van der Waals surface area (Å²) in [7, 11) is -2.50. The Balaban J connectivity index is 2.37. The lowest BCUT2D eigenvalue weighted by Crippen LogP contribution is -2.45. The highest BCUT2D eigenvalue weighted by Gasteiger charge is 2.35. The molecule has 1 aromatic rings. The summed E-state index contributed by atoms with van der Waals surface area (Å²) in [5, 5.41) is 0. The monoisotopic (exact) mass is 326 g/mol. The van der Waals surface area contributed by atoms with Gasteiger partial charge in [0, 0.05) is 13.1 Å². The fraction of sp³-hybridized carbons (Fsp3) is 0.533. The fourth-order valence-electron chi connectivity index (χ4n) is 2.75. The van der Waals surface area contributed by atoms with E-state index in [4.69, 9.17) is 5.73 Å². The highest BCUT2D eigenvalue weighted by Crippen LogP contribution is 2.28. The van der Waals surface area contributed by atoms with Crippen LogP contribution in [0.2, 0.25) is 0 Å². The van der Waals surface area contributed by atoms with E-state index in [-0.39, 0.29) is 16.4 Å². The number of carbonyl (C=O) groups is 1. The zero-order valence-electron chi connectivity index (χ0n) is 12.9. The summed E-state index contributed by atoms with van der Waals surface area (Å²) in [4.78, 5) is 11.8.